The van der Waals surface area contributed by atoms with Gasteiger partial charge in [-0.05, 0) is 31.2 Å². The smallest absolute Gasteiger partial charge is 0.338 e. The van der Waals surface area contributed by atoms with Gasteiger partial charge >= 0.3 is 11.7 Å². The number of hydrogen-bond donors (Lipinski definition) is 1. The lowest BCUT2D eigenvalue weighted by Crippen LogP contribution is -2.21. The Morgan fingerprint density at radius 1 is 1.07 bits per heavy atom. The number of anilines is 1. The quantitative estimate of drug-likeness (QED) is 0.384. The predicted octanol–water partition coefficient (Wildman–Crippen LogP) is 2.81. The van der Waals surface area contributed by atoms with E-state index < -0.39 is 23.4 Å². The minimum absolute atomic E-state index is 0.0388. The van der Waals surface area contributed by atoms with Gasteiger partial charge in [-0.2, -0.15) is 0 Å². The Kier molecular flexibility index (Phi) is 7.35. The van der Waals surface area contributed by atoms with Crippen LogP contribution in [0.3, 0.4) is 0 Å². The number of methoxy groups -OCH3 is 2. The summed E-state index contributed by atoms with van der Waals surface area (Å²) < 4.78 is 20.3. The van der Waals surface area contributed by atoms with E-state index in [2.05, 4.69) is 5.32 Å². The van der Waals surface area contributed by atoms with E-state index in [0.717, 1.165) is 6.07 Å². The fraction of sp³-hybridized carbons (Fsp3) is 0.263. The van der Waals surface area contributed by atoms with Crippen molar-refractivity contribution in [3.8, 4) is 17.2 Å². The number of benzene rings is 2. The summed E-state index contributed by atoms with van der Waals surface area (Å²) >= 11 is 0. The van der Waals surface area contributed by atoms with Gasteiger partial charge in [-0.1, -0.05) is 0 Å². The van der Waals surface area contributed by atoms with Gasteiger partial charge in [0, 0.05) is 12.1 Å². The third kappa shape index (κ3) is 5.58. The fourth-order valence-corrected chi connectivity index (χ4v) is 2.38. The average Bonchev–Trinajstić information content (AvgIpc) is 2.72. The van der Waals surface area contributed by atoms with Crippen molar-refractivity contribution in [1.82, 2.24) is 0 Å². The summed E-state index contributed by atoms with van der Waals surface area (Å²) in [6.45, 7) is 1.32. The van der Waals surface area contributed by atoms with Crippen LogP contribution in [0.5, 0.6) is 17.2 Å². The van der Waals surface area contributed by atoms with Crippen LogP contribution in [0.15, 0.2) is 36.4 Å². The molecule has 0 fully saturated rings. The number of hydrogen-bond acceptors (Lipinski definition) is 8. The maximum atomic E-state index is 12.2. The molecule has 0 aliphatic carbocycles. The molecule has 2 aromatic rings. The molecule has 0 atom stereocenters. The Morgan fingerprint density at radius 2 is 1.79 bits per heavy atom. The predicted molar refractivity (Wildman–Crippen MR) is 103 cm³/mol. The number of rotatable bonds is 9. The van der Waals surface area contributed by atoms with Gasteiger partial charge in [0.05, 0.1) is 37.0 Å². The molecule has 2 rings (SSSR count). The van der Waals surface area contributed by atoms with Crippen molar-refractivity contribution >= 4 is 23.3 Å². The molecule has 29 heavy (non-hydrogen) atoms. The Balaban J connectivity index is 2.04. The summed E-state index contributed by atoms with van der Waals surface area (Å²) in [5, 5.41) is 13.7. The van der Waals surface area contributed by atoms with E-state index in [0.29, 0.717) is 17.2 Å². The van der Waals surface area contributed by atoms with Gasteiger partial charge in [0.15, 0.2) is 12.4 Å². The summed E-state index contributed by atoms with van der Waals surface area (Å²) in [4.78, 5) is 34.8. The van der Waals surface area contributed by atoms with Gasteiger partial charge in [-0.15, -0.1) is 0 Å². The second-order valence-corrected chi connectivity index (χ2v) is 5.56. The van der Waals surface area contributed by atoms with E-state index in [-0.39, 0.29) is 23.6 Å². The Morgan fingerprint density at radius 3 is 2.41 bits per heavy atom. The monoisotopic (exact) mass is 404 g/mol. The zero-order chi connectivity index (χ0) is 21.4. The van der Waals surface area contributed by atoms with Crippen molar-refractivity contribution in [1.29, 1.82) is 0 Å². The highest BCUT2D eigenvalue weighted by Crippen LogP contribution is 2.29. The van der Waals surface area contributed by atoms with Crippen LogP contribution >= 0.6 is 0 Å². The van der Waals surface area contributed by atoms with E-state index in [1.165, 1.54) is 26.4 Å². The number of carbonyl (C=O) groups excluding carboxylic acids is 2. The summed E-state index contributed by atoms with van der Waals surface area (Å²) in [5.41, 5.74) is -0.108. The van der Waals surface area contributed by atoms with E-state index in [1.54, 1.807) is 25.1 Å². The molecule has 1 amide bonds. The van der Waals surface area contributed by atoms with Crippen LogP contribution in [0.25, 0.3) is 0 Å². The molecule has 0 aliphatic heterocycles. The van der Waals surface area contributed by atoms with Crippen LogP contribution < -0.4 is 19.5 Å². The van der Waals surface area contributed by atoms with Gasteiger partial charge in [-0.3, -0.25) is 14.9 Å². The van der Waals surface area contributed by atoms with Crippen molar-refractivity contribution in [2.75, 3.05) is 32.8 Å². The molecule has 0 heterocycles. The van der Waals surface area contributed by atoms with Crippen molar-refractivity contribution in [3.05, 3.63) is 52.1 Å². The number of amides is 1. The Bertz CT molecular complexity index is 913. The zero-order valence-electron chi connectivity index (χ0n) is 16.1. The van der Waals surface area contributed by atoms with Crippen LogP contribution in [-0.4, -0.2) is 44.2 Å². The van der Waals surface area contributed by atoms with Crippen LogP contribution in [0.4, 0.5) is 11.4 Å². The number of carbonyl (C=O) groups is 2. The molecule has 10 heteroatoms. The lowest BCUT2D eigenvalue weighted by Gasteiger charge is -2.12. The Labute approximate surface area is 166 Å². The number of nitro groups is 1. The third-order valence-electron chi connectivity index (χ3n) is 3.71. The zero-order valence-corrected chi connectivity index (χ0v) is 16.1. The van der Waals surface area contributed by atoms with Crippen molar-refractivity contribution < 1.29 is 33.5 Å². The standard InChI is InChI=1S/C19H20N2O8/c1-4-28-17-7-5-12(9-15(17)21(24)25)19(23)29-11-18(22)20-14-10-13(26-2)6-8-16(14)27-3/h5-10H,4,11H2,1-3H3,(H,20,22). The summed E-state index contributed by atoms with van der Waals surface area (Å²) in [6, 6.07) is 8.49. The second kappa shape index (κ2) is 9.93. The van der Waals surface area contributed by atoms with Crippen molar-refractivity contribution in [2.45, 2.75) is 6.92 Å². The fourth-order valence-electron chi connectivity index (χ4n) is 2.38. The highest BCUT2D eigenvalue weighted by Gasteiger charge is 2.20. The van der Waals surface area contributed by atoms with Gasteiger partial charge in [0.1, 0.15) is 11.5 Å². The number of nitrogens with zero attached hydrogens (tertiary/aromatic N) is 1. The molecule has 0 unspecified atom stereocenters. The van der Waals surface area contributed by atoms with Crippen LogP contribution in [-0.2, 0) is 9.53 Å². The summed E-state index contributed by atoms with van der Waals surface area (Å²) in [6.07, 6.45) is 0. The van der Waals surface area contributed by atoms with Crippen molar-refractivity contribution in [2.24, 2.45) is 0 Å². The normalized spacial score (nSPS) is 10.0. The SMILES string of the molecule is CCOc1ccc(C(=O)OCC(=O)Nc2cc(OC)ccc2OC)cc1[N+](=O)[O-]. The highest BCUT2D eigenvalue weighted by molar-refractivity contribution is 5.96. The number of esters is 1. The minimum atomic E-state index is -0.885. The largest absolute Gasteiger partial charge is 0.497 e. The molecule has 0 aliphatic rings. The summed E-state index contributed by atoms with van der Waals surface area (Å²) in [7, 11) is 2.92. The maximum absolute atomic E-state index is 12.2. The molecule has 0 saturated carbocycles. The lowest BCUT2D eigenvalue weighted by atomic mass is 10.2. The minimum Gasteiger partial charge on any atom is -0.497 e. The first-order valence-electron chi connectivity index (χ1n) is 8.49. The van der Waals surface area contributed by atoms with Gasteiger partial charge < -0.3 is 24.3 Å². The van der Waals surface area contributed by atoms with E-state index >= 15 is 0 Å². The Hall–Kier alpha value is -3.82. The molecule has 0 aromatic heterocycles. The topological polar surface area (TPSA) is 126 Å². The molecule has 2 aromatic carbocycles. The number of nitrogens with one attached hydrogen (secondary N) is 1. The average molecular weight is 404 g/mol. The highest BCUT2D eigenvalue weighted by atomic mass is 16.6. The third-order valence-corrected chi connectivity index (χ3v) is 3.71. The molecule has 0 spiro atoms. The van der Waals surface area contributed by atoms with Crippen LogP contribution in [0.2, 0.25) is 0 Å². The first-order valence-corrected chi connectivity index (χ1v) is 8.49. The molecular weight excluding hydrogens is 384 g/mol. The molecule has 10 nitrogen and oxygen atoms in total. The second-order valence-electron chi connectivity index (χ2n) is 5.56. The van der Waals surface area contributed by atoms with Crippen molar-refractivity contribution in [3.63, 3.8) is 0 Å². The summed E-state index contributed by atoms with van der Waals surface area (Å²) in [5.74, 6) is -0.571. The first-order chi connectivity index (χ1) is 13.9. The van der Waals surface area contributed by atoms with E-state index in [4.69, 9.17) is 18.9 Å². The molecule has 154 valence electrons. The molecule has 0 saturated heterocycles. The van der Waals surface area contributed by atoms with Crippen LogP contribution in [0.1, 0.15) is 17.3 Å². The number of ether oxygens (including phenoxy) is 4. The molecule has 0 radical (unpaired) electrons. The maximum Gasteiger partial charge on any atom is 0.338 e. The molecular formula is C19H20N2O8. The lowest BCUT2D eigenvalue weighted by molar-refractivity contribution is -0.385. The molecule has 1 N–H and O–H groups in total. The van der Waals surface area contributed by atoms with E-state index in [1.807, 2.05) is 0 Å². The first kappa shape index (κ1) is 21.5. The van der Waals surface area contributed by atoms with Gasteiger partial charge in [0.2, 0.25) is 0 Å². The van der Waals surface area contributed by atoms with Gasteiger partial charge in [0.25, 0.3) is 5.91 Å². The molecule has 0 bridgehead atoms. The van der Waals surface area contributed by atoms with E-state index in [9.17, 15) is 19.7 Å². The number of nitro benzene ring substituents is 1. The van der Waals surface area contributed by atoms with Crippen LogP contribution in [0, 0.1) is 10.1 Å². The van der Waals surface area contributed by atoms with Gasteiger partial charge in [-0.25, -0.2) is 4.79 Å².